The third-order valence-electron chi connectivity index (χ3n) is 6.35. The summed E-state index contributed by atoms with van der Waals surface area (Å²) in [5.74, 6) is 0.562. The lowest BCUT2D eigenvalue weighted by Gasteiger charge is -2.32. The van der Waals surface area contributed by atoms with Gasteiger partial charge in [0, 0.05) is 36.8 Å². The normalized spacial score (nSPS) is 23.4. The van der Waals surface area contributed by atoms with Gasteiger partial charge in [-0.3, -0.25) is 5.10 Å². The maximum Gasteiger partial charge on any atom is 0.317 e. The van der Waals surface area contributed by atoms with Crippen molar-refractivity contribution >= 4 is 22.9 Å². The second-order valence-corrected chi connectivity index (χ2v) is 8.86. The largest absolute Gasteiger partial charge is 0.365 e. The van der Waals surface area contributed by atoms with Crippen molar-refractivity contribution in [3.05, 3.63) is 30.3 Å². The van der Waals surface area contributed by atoms with Crippen molar-refractivity contribution in [1.82, 2.24) is 35.4 Å². The first kappa shape index (κ1) is 20.6. The molecule has 10 heteroatoms. The van der Waals surface area contributed by atoms with E-state index in [0.717, 1.165) is 50.6 Å². The number of H-pyrrole nitrogens is 1. The lowest BCUT2D eigenvalue weighted by atomic mass is 9.91. The Kier molecular flexibility index (Phi) is 5.59. The number of nitrogens with one attached hydrogen (secondary N) is 3. The molecule has 1 aliphatic heterocycles. The quantitative estimate of drug-likeness (QED) is 0.576. The highest BCUT2D eigenvalue weighted by atomic mass is 19.1. The van der Waals surface area contributed by atoms with Gasteiger partial charge in [-0.25, -0.2) is 24.1 Å². The number of rotatable bonds is 4. The molecule has 0 unspecified atom stereocenters. The van der Waals surface area contributed by atoms with Crippen LogP contribution in [0.1, 0.15) is 39.0 Å². The van der Waals surface area contributed by atoms with E-state index in [2.05, 4.69) is 42.7 Å². The maximum absolute atomic E-state index is 14.5. The lowest BCUT2D eigenvalue weighted by Crippen LogP contribution is -2.47. The maximum atomic E-state index is 14.5. The number of carbonyl (C=O) groups is 1. The molecule has 3 atom stereocenters. The predicted molar refractivity (Wildman–Crippen MR) is 118 cm³/mol. The topological polar surface area (TPSA) is 112 Å². The fraction of sp³-hybridized carbons (Fsp3) is 0.500. The molecular formula is C22H27FN8O. The fourth-order valence-electron chi connectivity index (χ4n) is 4.64. The van der Waals surface area contributed by atoms with Crippen molar-refractivity contribution in [1.29, 1.82) is 0 Å². The van der Waals surface area contributed by atoms with E-state index in [0.29, 0.717) is 23.1 Å². The molecule has 2 fully saturated rings. The van der Waals surface area contributed by atoms with Gasteiger partial charge < -0.3 is 15.5 Å². The third-order valence-corrected chi connectivity index (χ3v) is 6.35. The number of fused-ring (bicyclic) bond motifs is 1. The summed E-state index contributed by atoms with van der Waals surface area (Å²) >= 11 is 0. The van der Waals surface area contributed by atoms with Crippen LogP contribution in [0.5, 0.6) is 0 Å². The summed E-state index contributed by atoms with van der Waals surface area (Å²) in [5.41, 5.74) is 1.16. The van der Waals surface area contributed by atoms with E-state index in [4.69, 9.17) is 0 Å². The number of halogens is 1. The van der Waals surface area contributed by atoms with Gasteiger partial charge in [0.15, 0.2) is 23.1 Å². The number of aromatic amines is 1. The Bertz CT molecular complexity index is 1120. The molecule has 1 saturated heterocycles. The summed E-state index contributed by atoms with van der Waals surface area (Å²) < 4.78 is 14.5. The summed E-state index contributed by atoms with van der Waals surface area (Å²) in [7, 11) is 0. The molecular weight excluding hydrogens is 411 g/mol. The van der Waals surface area contributed by atoms with Crippen LogP contribution in [0.4, 0.5) is 15.0 Å². The standard InChI is InChI=1S/C22H27FN8O/c1-13-7-9-31(12-13)22(32)27-15-5-2-4-14(10-15)26-20-17(23)11-25-21(28-20)18-16-6-3-8-24-19(16)30-29-18/h3,6,8,11,13-15H,2,4-5,7,9-10,12H2,1H3,(H,27,32)(H,24,29,30)(H,25,26,28)/t13-,14-,15+/m1/s1. The number of aromatic nitrogens is 5. The van der Waals surface area contributed by atoms with Gasteiger partial charge in [0.2, 0.25) is 0 Å². The Labute approximate surface area is 185 Å². The number of hydrogen-bond donors (Lipinski definition) is 3. The molecule has 2 amide bonds. The van der Waals surface area contributed by atoms with Crippen LogP contribution in [0.15, 0.2) is 24.5 Å². The van der Waals surface area contributed by atoms with E-state index in [1.807, 2.05) is 17.0 Å². The van der Waals surface area contributed by atoms with E-state index in [1.165, 1.54) is 6.20 Å². The van der Waals surface area contributed by atoms with Crippen LogP contribution in [0.2, 0.25) is 0 Å². The van der Waals surface area contributed by atoms with Gasteiger partial charge in [-0.2, -0.15) is 5.10 Å². The van der Waals surface area contributed by atoms with Gasteiger partial charge in [0.05, 0.1) is 6.20 Å². The second kappa shape index (κ2) is 8.68. The SMILES string of the molecule is C[C@@H]1CCN(C(=O)N[C@H]2CCC[C@@H](Nc3nc(-c4[nH]nc5ncccc45)ncc3F)C2)C1. The van der Waals surface area contributed by atoms with Crippen LogP contribution in [-0.2, 0) is 0 Å². The fourth-order valence-corrected chi connectivity index (χ4v) is 4.64. The molecule has 3 N–H and O–H groups in total. The van der Waals surface area contributed by atoms with Crippen LogP contribution >= 0.6 is 0 Å². The van der Waals surface area contributed by atoms with E-state index in [-0.39, 0.29) is 23.9 Å². The molecule has 4 heterocycles. The van der Waals surface area contributed by atoms with Gasteiger partial charge in [-0.05, 0) is 50.2 Å². The smallest absolute Gasteiger partial charge is 0.317 e. The summed E-state index contributed by atoms with van der Waals surface area (Å²) in [4.78, 5) is 27.2. The van der Waals surface area contributed by atoms with Crippen molar-refractivity contribution in [3.8, 4) is 11.5 Å². The third kappa shape index (κ3) is 4.21. The zero-order valence-corrected chi connectivity index (χ0v) is 18.0. The first-order chi connectivity index (χ1) is 15.6. The van der Waals surface area contributed by atoms with Crippen molar-refractivity contribution in [2.24, 2.45) is 5.92 Å². The van der Waals surface area contributed by atoms with Crippen molar-refractivity contribution in [2.75, 3.05) is 18.4 Å². The average molecular weight is 439 g/mol. The summed E-state index contributed by atoms with van der Waals surface area (Å²) in [6, 6.07) is 3.77. The lowest BCUT2D eigenvalue weighted by molar-refractivity contribution is 0.198. The molecule has 2 aliphatic rings. The minimum absolute atomic E-state index is 0.00948. The molecule has 1 aliphatic carbocycles. The summed E-state index contributed by atoms with van der Waals surface area (Å²) in [6.07, 6.45) is 7.39. The Hall–Kier alpha value is -3.30. The van der Waals surface area contributed by atoms with Crippen LogP contribution < -0.4 is 10.6 Å². The number of urea groups is 1. The first-order valence-corrected chi connectivity index (χ1v) is 11.2. The molecule has 1 saturated carbocycles. The highest BCUT2D eigenvalue weighted by molar-refractivity contribution is 5.88. The number of hydrogen-bond acceptors (Lipinski definition) is 6. The Morgan fingerprint density at radius 2 is 2.12 bits per heavy atom. The highest BCUT2D eigenvalue weighted by Gasteiger charge is 2.28. The monoisotopic (exact) mass is 438 g/mol. The molecule has 168 valence electrons. The van der Waals surface area contributed by atoms with Gasteiger partial charge in [0.25, 0.3) is 0 Å². The average Bonchev–Trinajstić information content (AvgIpc) is 3.42. The van der Waals surface area contributed by atoms with Gasteiger partial charge in [-0.15, -0.1) is 0 Å². The molecule has 32 heavy (non-hydrogen) atoms. The molecule has 0 radical (unpaired) electrons. The minimum atomic E-state index is -0.507. The minimum Gasteiger partial charge on any atom is -0.365 e. The summed E-state index contributed by atoms with van der Waals surface area (Å²) in [5, 5.41) is 14.2. The Balaban J connectivity index is 1.27. The number of likely N-dealkylation sites (tertiary alicyclic amines) is 1. The number of pyridine rings is 1. The van der Waals surface area contributed by atoms with Crippen molar-refractivity contribution < 1.29 is 9.18 Å². The highest BCUT2D eigenvalue weighted by Crippen LogP contribution is 2.26. The zero-order valence-electron chi connectivity index (χ0n) is 18.0. The second-order valence-electron chi connectivity index (χ2n) is 8.86. The number of amides is 2. The molecule has 0 aromatic carbocycles. The Morgan fingerprint density at radius 3 is 2.97 bits per heavy atom. The van der Waals surface area contributed by atoms with Gasteiger partial charge in [0.1, 0.15) is 5.69 Å². The van der Waals surface area contributed by atoms with Crippen LogP contribution in [0.25, 0.3) is 22.6 Å². The van der Waals surface area contributed by atoms with Gasteiger partial charge in [-0.1, -0.05) is 6.92 Å². The number of carbonyl (C=O) groups excluding carboxylic acids is 1. The van der Waals surface area contributed by atoms with Crippen LogP contribution in [0.3, 0.4) is 0 Å². The molecule has 3 aromatic heterocycles. The van der Waals surface area contributed by atoms with Crippen molar-refractivity contribution in [3.63, 3.8) is 0 Å². The molecule has 0 bridgehead atoms. The predicted octanol–water partition coefficient (Wildman–Crippen LogP) is 3.33. The van der Waals surface area contributed by atoms with Crippen LogP contribution in [-0.4, -0.2) is 61.3 Å². The molecule has 3 aromatic rings. The van der Waals surface area contributed by atoms with E-state index in [9.17, 15) is 9.18 Å². The van der Waals surface area contributed by atoms with Crippen molar-refractivity contribution in [2.45, 2.75) is 51.1 Å². The van der Waals surface area contributed by atoms with E-state index < -0.39 is 5.82 Å². The summed E-state index contributed by atoms with van der Waals surface area (Å²) in [6.45, 7) is 3.79. The number of anilines is 1. The molecule has 5 rings (SSSR count). The molecule has 0 spiro atoms. The van der Waals surface area contributed by atoms with E-state index in [1.54, 1.807) is 6.20 Å². The first-order valence-electron chi connectivity index (χ1n) is 11.2. The Morgan fingerprint density at radius 1 is 1.25 bits per heavy atom. The zero-order chi connectivity index (χ0) is 22.1. The van der Waals surface area contributed by atoms with Gasteiger partial charge >= 0.3 is 6.03 Å². The van der Waals surface area contributed by atoms with Crippen LogP contribution in [0, 0.1) is 11.7 Å². The van der Waals surface area contributed by atoms with E-state index >= 15 is 0 Å². The molecule has 9 nitrogen and oxygen atoms in total. The number of nitrogens with zero attached hydrogens (tertiary/aromatic N) is 5.